The van der Waals surface area contributed by atoms with Gasteiger partial charge in [-0.3, -0.25) is 9.59 Å². The maximum atomic E-state index is 12.8. The number of rotatable bonds is 4. The third-order valence-electron chi connectivity index (χ3n) is 4.37. The minimum absolute atomic E-state index is 0.0282. The quantitative estimate of drug-likeness (QED) is 0.936. The topological polar surface area (TPSA) is 65.6 Å². The molecule has 1 aromatic heterocycles. The van der Waals surface area contributed by atoms with Crippen LogP contribution in [-0.4, -0.2) is 59.9 Å². The molecule has 1 saturated heterocycles. The molecule has 0 aliphatic carbocycles. The van der Waals surface area contributed by atoms with E-state index in [0.717, 1.165) is 42.6 Å². The zero-order valence-corrected chi connectivity index (χ0v) is 14.2. The lowest BCUT2D eigenvalue weighted by molar-refractivity contribution is -0.130. The standard InChI is InChI=1S/C18H23N3O3/c1-3-7-20-8-4-9-21(12-17(20)22)18(23)16-11-13-10-14(24-2)5-6-15(13)19-16/h5-6,10-11,19H,3-4,7-9,12H2,1-2H3. The van der Waals surface area contributed by atoms with E-state index in [4.69, 9.17) is 4.74 Å². The summed E-state index contributed by atoms with van der Waals surface area (Å²) in [4.78, 5) is 31.7. The van der Waals surface area contributed by atoms with Crippen molar-refractivity contribution in [3.05, 3.63) is 30.0 Å². The van der Waals surface area contributed by atoms with Crippen molar-refractivity contribution in [2.45, 2.75) is 19.8 Å². The van der Waals surface area contributed by atoms with E-state index < -0.39 is 0 Å². The Morgan fingerprint density at radius 3 is 2.88 bits per heavy atom. The molecule has 3 rings (SSSR count). The molecule has 0 unspecified atom stereocenters. The first-order chi connectivity index (χ1) is 11.6. The second-order valence-electron chi connectivity index (χ2n) is 6.10. The summed E-state index contributed by atoms with van der Waals surface area (Å²) in [6.45, 7) is 4.29. The Morgan fingerprint density at radius 2 is 2.12 bits per heavy atom. The van der Waals surface area contributed by atoms with Crippen molar-refractivity contribution in [3.8, 4) is 5.75 Å². The van der Waals surface area contributed by atoms with Gasteiger partial charge in [0, 0.05) is 30.5 Å². The molecular weight excluding hydrogens is 306 g/mol. The Morgan fingerprint density at radius 1 is 1.29 bits per heavy atom. The minimum atomic E-state index is -0.128. The van der Waals surface area contributed by atoms with Crippen LogP contribution in [0.25, 0.3) is 10.9 Å². The summed E-state index contributed by atoms with van der Waals surface area (Å²) in [5, 5.41) is 0.923. The summed E-state index contributed by atoms with van der Waals surface area (Å²) < 4.78 is 5.21. The Balaban J connectivity index is 1.79. The summed E-state index contributed by atoms with van der Waals surface area (Å²) >= 11 is 0. The Labute approximate surface area is 141 Å². The molecule has 1 N–H and O–H groups in total. The number of ether oxygens (including phenoxy) is 1. The zero-order valence-electron chi connectivity index (χ0n) is 14.2. The predicted molar refractivity (Wildman–Crippen MR) is 92.2 cm³/mol. The van der Waals surface area contributed by atoms with E-state index in [9.17, 15) is 9.59 Å². The van der Waals surface area contributed by atoms with Crippen LogP contribution in [0.3, 0.4) is 0 Å². The number of hydrogen-bond acceptors (Lipinski definition) is 3. The van der Waals surface area contributed by atoms with Gasteiger partial charge in [-0.15, -0.1) is 0 Å². The first kappa shape index (κ1) is 16.4. The van der Waals surface area contributed by atoms with Gasteiger partial charge in [0.25, 0.3) is 5.91 Å². The van der Waals surface area contributed by atoms with Crippen LogP contribution in [0, 0.1) is 0 Å². The minimum Gasteiger partial charge on any atom is -0.497 e. The third kappa shape index (κ3) is 3.22. The fourth-order valence-corrected chi connectivity index (χ4v) is 3.12. The van der Waals surface area contributed by atoms with E-state index in [1.807, 2.05) is 29.2 Å². The Hall–Kier alpha value is -2.50. The summed E-state index contributed by atoms with van der Waals surface area (Å²) in [5.41, 5.74) is 1.39. The number of carbonyl (C=O) groups is 2. The molecule has 128 valence electrons. The molecule has 1 fully saturated rings. The molecule has 0 saturated carbocycles. The Bertz CT molecular complexity index is 753. The average Bonchev–Trinajstić information content (AvgIpc) is 2.93. The van der Waals surface area contributed by atoms with Crippen molar-refractivity contribution < 1.29 is 14.3 Å². The zero-order chi connectivity index (χ0) is 17.1. The molecule has 1 aliphatic heterocycles. The number of carbonyl (C=O) groups excluding carboxylic acids is 2. The molecule has 1 aromatic carbocycles. The molecule has 2 heterocycles. The van der Waals surface area contributed by atoms with Gasteiger partial charge in [-0.1, -0.05) is 6.92 Å². The fraction of sp³-hybridized carbons (Fsp3) is 0.444. The molecule has 0 spiro atoms. The van der Waals surface area contributed by atoms with Gasteiger partial charge < -0.3 is 19.5 Å². The van der Waals surface area contributed by atoms with Crippen molar-refractivity contribution in [1.82, 2.24) is 14.8 Å². The summed E-state index contributed by atoms with van der Waals surface area (Å²) in [6.07, 6.45) is 1.75. The van der Waals surface area contributed by atoms with E-state index in [0.29, 0.717) is 12.2 Å². The maximum absolute atomic E-state index is 12.8. The summed E-state index contributed by atoms with van der Waals surface area (Å²) in [5.74, 6) is 0.651. The second-order valence-corrected chi connectivity index (χ2v) is 6.10. The smallest absolute Gasteiger partial charge is 0.270 e. The van der Waals surface area contributed by atoms with Gasteiger partial charge in [-0.2, -0.15) is 0 Å². The lowest BCUT2D eigenvalue weighted by Crippen LogP contribution is -2.39. The highest BCUT2D eigenvalue weighted by molar-refractivity contribution is 5.99. The molecule has 6 heteroatoms. The van der Waals surface area contributed by atoms with Crippen molar-refractivity contribution in [3.63, 3.8) is 0 Å². The summed E-state index contributed by atoms with van der Waals surface area (Å²) in [6, 6.07) is 7.45. The molecule has 6 nitrogen and oxygen atoms in total. The summed E-state index contributed by atoms with van der Waals surface area (Å²) in [7, 11) is 1.62. The number of fused-ring (bicyclic) bond motifs is 1. The highest BCUT2D eigenvalue weighted by Crippen LogP contribution is 2.22. The normalized spacial score (nSPS) is 15.7. The number of H-pyrrole nitrogens is 1. The van der Waals surface area contributed by atoms with Crippen molar-refractivity contribution in [2.75, 3.05) is 33.3 Å². The third-order valence-corrected chi connectivity index (χ3v) is 4.37. The van der Waals surface area contributed by atoms with Gasteiger partial charge in [-0.25, -0.2) is 0 Å². The van der Waals surface area contributed by atoms with Gasteiger partial charge in [-0.05, 0) is 37.1 Å². The molecule has 2 amide bonds. The highest BCUT2D eigenvalue weighted by Gasteiger charge is 2.26. The number of aromatic nitrogens is 1. The number of nitrogens with one attached hydrogen (secondary N) is 1. The van der Waals surface area contributed by atoms with Crippen LogP contribution in [0.4, 0.5) is 0 Å². The van der Waals surface area contributed by atoms with E-state index in [1.54, 1.807) is 12.0 Å². The monoisotopic (exact) mass is 329 g/mol. The molecule has 2 aromatic rings. The lowest BCUT2D eigenvalue weighted by Gasteiger charge is -2.21. The molecular formula is C18H23N3O3. The fourth-order valence-electron chi connectivity index (χ4n) is 3.12. The van der Waals surface area contributed by atoms with Crippen molar-refractivity contribution in [2.24, 2.45) is 0 Å². The van der Waals surface area contributed by atoms with Crippen LogP contribution in [0.5, 0.6) is 5.75 Å². The predicted octanol–water partition coefficient (Wildman–Crippen LogP) is 2.26. The van der Waals surface area contributed by atoms with Gasteiger partial charge in [0.1, 0.15) is 18.0 Å². The van der Waals surface area contributed by atoms with Gasteiger partial charge in [0.05, 0.1) is 7.11 Å². The van der Waals surface area contributed by atoms with Crippen molar-refractivity contribution >= 4 is 22.7 Å². The van der Waals surface area contributed by atoms with E-state index in [-0.39, 0.29) is 18.4 Å². The van der Waals surface area contributed by atoms with Crippen LogP contribution in [0.2, 0.25) is 0 Å². The molecule has 24 heavy (non-hydrogen) atoms. The number of amides is 2. The maximum Gasteiger partial charge on any atom is 0.270 e. The van der Waals surface area contributed by atoms with Crippen LogP contribution < -0.4 is 4.74 Å². The molecule has 0 radical (unpaired) electrons. The number of benzene rings is 1. The van der Waals surface area contributed by atoms with Crippen LogP contribution in [0.1, 0.15) is 30.3 Å². The number of aromatic amines is 1. The van der Waals surface area contributed by atoms with Gasteiger partial charge >= 0.3 is 0 Å². The van der Waals surface area contributed by atoms with Gasteiger partial charge in [0.2, 0.25) is 5.91 Å². The molecule has 0 bridgehead atoms. The Kier molecular flexibility index (Phi) is 4.74. The number of nitrogens with zero attached hydrogens (tertiary/aromatic N) is 2. The van der Waals surface area contributed by atoms with E-state index in [2.05, 4.69) is 11.9 Å². The van der Waals surface area contributed by atoms with Crippen LogP contribution in [-0.2, 0) is 4.79 Å². The van der Waals surface area contributed by atoms with Crippen LogP contribution in [0.15, 0.2) is 24.3 Å². The number of methoxy groups -OCH3 is 1. The average molecular weight is 329 g/mol. The first-order valence-electron chi connectivity index (χ1n) is 8.36. The van der Waals surface area contributed by atoms with E-state index >= 15 is 0 Å². The molecule has 0 atom stereocenters. The van der Waals surface area contributed by atoms with Crippen LogP contribution >= 0.6 is 0 Å². The SMILES string of the molecule is CCCN1CCCN(C(=O)c2cc3cc(OC)ccc3[nH]2)CC1=O. The largest absolute Gasteiger partial charge is 0.497 e. The van der Waals surface area contributed by atoms with Crippen molar-refractivity contribution in [1.29, 1.82) is 0 Å². The lowest BCUT2D eigenvalue weighted by atomic mass is 10.2. The van der Waals surface area contributed by atoms with Gasteiger partial charge in [0.15, 0.2) is 0 Å². The highest BCUT2D eigenvalue weighted by atomic mass is 16.5. The number of hydrogen-bond donors (Lipinski definition) is 1. The first-order valence-corrected chi connectivity index (χ1v) is 8.36. The van der Waals surface area contributed by atoms with E-state index in [1.165, 1.54) is 0 Å². The second kappa shape index (κ2) is 6.95. The molecule has 1 aliphatic rings.